The summed E-state index contributed by atoms with van der Waals surface area (Å²) in [6, 6.07) is 8.12. The third-order valence-corrected chi connectivity index (χ3v) is 5.40. The fourth-order valence-electron chi connectivity index (χ4n) is 2.88. The van der Waals surface area contributed by atoms with Crippen molar-refractivity contribution in [2.24, 2.45) is 11.1 Å². The van der Waals surface area contributed by atoms with Gasteiger partial charge >= 0.3 is 7.12 Å². The van der Waals surface area contributed by atoms with Gasteiger partial charge in [0.25, 0.3) is 0 Å². The van der Waals surface area contributed by atoms with Crippen molar-refractivity contribution in [2.75, 3.05) is 0 Å². The Morgan fingerprint density at radius 3 is 2.27 bits per heavy atom. The minimum absolute atomic E-state index is 0.187. The molecule has 1 amide bonds. The molecule has 1 aromatic rings. The van der Waals surface area contributed by atoms with Crippen LogP contribution in [-0.4, -0.2) is 24.2 Å². The standard InChI is InChI=1S/C17H24BNO3/c1-15(2)16(3,4)22-18(21-15)13-7-5-6-12(10-13)11-17(8-9-17)14(19)20/h5-7,10H,8-9,11H2,1-4H3,(H2,19,20). The molecule has 0 radical (unpaired) electrons. The lowest BCUT2D eigenvalue weighted by Crippen LogP contribution is -2.41. The molecule has 1 heterocycles. The second-order valence-corrected chi connectivity index (χ2v) is 7.65. The molecule has 4 nitrogen and oxygen atoms in total. The van der Waals surface area contributed by atoms with Crippen LogP contribution in [0.5, 0.6) is 0 Å². The number of carbonyl (C=O) groups is 1. The number of hydrogen-bond donors (Lipinski definition) is 1. The van der Waals surface area contributed by atoms with Crippen molar-refractivity contribution in [3.05, 3.63) is 29.8 Å². The van der Waals surface area contributed by atoms with Gasteiger partial charge in [-0.15, -0.1) is 0 Å². The average Bonchev–Trinajstić information content (AvgIpc) is 3.14. The molecule has 3 rings (SSSR count). The van der Waals surface area contributed by atoms with Crippen LogP contribution in [-0.2, 0) is 20.5 Å². The fraction of sp³-hybridized carbons (Fsp3) is 0.588. The number of nitrogens with two attached hydrogens (primary N) is 1. The van der Waals surface area contributed by atoms with E-state index in [9.17, 15) is 4.79 Å². The van der Waals surface area contributed by atoms with Crippen molar-refractivity contribution >= 4 is 18.5 Å². The number of carbonyl (C=O) groups excluding carboxylic acids is 1. The first-order valence-corrected chi connectivity index (χ1v) is 7.90. The van der Waals surface area contributed by atoms with Crippen LogP contribution in [0.3, 0.4) is 0 Å². The molecule has 2 N–H and O–H groups in total. The molecule has 2 fully saturated rings. The van der Waals surface area contributed by atoms with Gasteiger partial charge < -0.3 is 15.0 Å². The molecule has 0 atom stereocenters. The number of benzene rings is 1. The van der Waals surface area contributed by atoms with Crippen LogP contribution in [0.2, 0.25) is 0 Å². The zero-order chi connectivity index (χ0) is 16.2. The van der Waals surface area contributed by atoms with E-state index in [-0.39, 0.29) is 29.6 Å². The molecule has 5 heteroatoms. The Morgan fingerprint density at radius 2 is 1.77 bits per heavy atom. The summed E-state index contributed by atoms with van der Waals surface area (Å²) in [6.07, 6.45) is 2.49. The van der Waals surface area contributed by atoms with Gasteiger partial charge in [0.05, 0.1) is 16.6 Å². The first-order valence-electron chi connectivity index (χ1n) is 7.90. The van der Waals surface area contributed by atoms with Crippen LogP contribution in [0.4, 0.5) is 0 Å². The summed E-state index contributed by atoms with van der Waals surface area (Å²) in [5.74, 6) is -0.187. The maximum absolute atomic E-state index is 11.6. The smallest absolute Gasteiger partial charge is 0.399 e. The highest BCUT2D eigenvalue weighted by Gasteiger charge is 2.52. The number of amides is 1. The highest BCUT2D eigenvalue weighted by molar-refractivity contribution is 6.62. The Balaban J connectivity index is 1.80. The monoisotopic (exact) mass is 301 g/mol. The third-order valence-electron chi connectivity index (χ3n) is 5.40. The normalized spacial score (nSPS) is 24.3. The van der Waals surface area contributed by atoms with Gasteiger partial charge in [0.15, 0.2) is 0 Å². The van der Waals surface area contributed by atoms with Crippen molar-refractivity contribution in [1.82, 2.24) is 0 Å². The topological polar surface area (TPSA) is 61.5 Å². The van der Waals surface area contributed by atoms with Crippen molar-refractivity contribution in [2.45, 2.75) is 58.2 Å². The maximum atomic E-state index is 11.6. The van der Waals surface area contributed by atoms with Crippen molar-refractivity contribution in [1.29, 1.82) is 0 Å². The Hall–Kier alpha value is -1.33. The van der Waals surface area contributed by atoms with E-state index < -0.39 is 0 Å². The first kappa shape index (κ1) is 15.6. The van der Waals surface area contributed by atoms with E-state index >= 15 is 0 Å². The van der Waals surface area contributed by atoms with Crippen LogP contribution in [0.15, 0.2) is 24.3 Å². The minimum Gasteiger partial charge on any atom is -0.399 e. The molecule has 2 aliphatic rings. The zero-order valence-corrected chi connectivity index (χ0v) is 13.8. The molecule has 118 valence electrons. The number of hydrogen-bond acceptors (Lipinski definition) is 3. The number of rotatable bonds is 4. The van der Waals surface area contributed by atoms with Crippen LogP contribution < -0.4 is 11.2 Å². The summed E-state index contributed by atoms with van der Waals surface area (Å²) in [5, 5.41) is 0. The van der Waals surface area contributed by atoms with E-state index in [1.54, 1.807) is 0 Å². The summed E-state index contributed by atoms with van der Waals surface area (Å²) in [4.78, 5) is 11.6. The molecule has 1 aliphatic heterocycles. The molecular formula is C17H24BNO3. The second kappa shape index (κ2) is 4.83. The van der Waals surface area contributed by atoms with Gasteiger partial charge in [0.2, 0.25) is 5.91 Å². The minimum atomic E-state index is -0.367. The molecule has 1 saturated carbocycles. The van der Waals surface area contributed by atoms with E-state index in [4.69, 9.17) is 15.0 Å². The molecular weight excluding hydrogens is 277 g/mol. The Bertz CT molecular complexity index is 592. The highest BCUT2D eigenvalue weighted by Crippen LogP contribution is 2.48. The van der Waals surface area contributed by atoms with Gasteiger partial charge in [0.1, 0.15) is 0 Å². The largest absolute Gasteiger partial charge is 0.494 e. The van der Waals surface area contributed by atoms with E-state index in [0.717, 1.165) is 23.9 Å². The Labute approximate surface area is 132 Å². The fourth-order valence-corrected chi connectivity index (χ4v) is 2.88. The summed E-state index contributed by atoms with van der Waals surface area (Å²) < 4.78 is 12.2. The van der Waals surface area contributed by atoms with Crippen LogP contribution in [0, 0.1) is 5.41 Å². The quantitative estimate of drug-likeness (QED) is 0.863. The number of primary amides is 1. The van der Waals surface area contributed by atoms with Gasteiger partial charge in [-0.1, -0.05) is 24.3 Å². The molecule has 0 aromatic heterocycles. The maximum Gasteiger partial charge on any atom is 0.494 e. The molecule has 1 aliphatic carbocycles. The SMILES string of the molecule is CC1(C)OB(c2cccc(CC3(C(N)=O)CC3)c2)OC1(C)C. The highest BCUT2D eigenvalue weighted by atomic mass is 16.7. The molecule has 0 unspecified atom stereocenters. The van der Waals surface area contributed by atoms with Gasteiger partial charge in [-0.3, -0.25) is 4.79 Å². The van der Waals surface area contributed by atoms with Crippen molar-refractivity contribution in [3.8, 4) is 0 Å². The first-order chi connectivity index (χ1) is 10.2. The molecule has 0 bridgehead atoms. The Kier molecular flexibility index (Phi) is 3.42. The summed E-state index contributed by atoms with van der Waals surface area (Å²) in [5.41, 5.74) is 6.61. The predicted octanol–water partition coefficient (Wildman–Crippen LogP) is 1.79. The Morgan fingerprint density at radius 1 is 1.18 bits per heavy atom. The van der Waals surface area contributed by atoms with E-state index in [1.807, 2.05) is 45.9 Å². The lowest BCUT2D eigenvalue weighted by Gasteiger charge is -2.32. The lowest BCUT2D eigenvalue weighted by molar-refractivity contribution is -0.123. The molecule has 0 spiro atoms. The third kappa shape index (κ3) is 2.57. The van der Waals surface area contributed by atoms with Crippen LogP contribution in [0.25, 0.3) is 0 Å². The predicted molar refractivity (Wildman–Crippen MR) is 86.7 cm³/mol. The molecule has 1 aromatic carbocycles. The van der Waals surface area contributed by atoms with Gasteiger partial charge in [-0.2, -0.15) is 0 Å². The van der Waals surface area contributed by atoms with Crippen molar-refractivity contribution in [3.63, 3.8) is 0 Å². The average molecular weight is 301 g/mol. The van der Waals surface area contributed by atoms with Crippen LogP contribution in [0.1, 0.15) is 46.1 Å². The van der Waals surface area contributed by atoms with E-state index in [2.05, 4.69) is 6.07 Å². The van der Waals surface area contributed by atoms with Gasteiger partial charge in [0, 0.05) is 0 Å². The van der Waals surface area contributed by atoms with Crippen molar-refractivity contribution < 1.29 is 14.1 Å². The zero-order valence-electron chi connectivity index (χ0n) is 13.8. The lowest BCUT2D eigenvalue weighted by atomic mass is 9.77. The van der Waals surface area contributed by atoms with E-state index in [1.165, 1.54) is 0 Å². The molecule has 22 heavy (non-hydrogen) atoms. The van der Waals surface area contributed by atoms with Gasteiger partial charge in [-0.05, 0) is 58.0 Å². The summed E-state index contributed by atoms with van der Waals surface area (Å²) >= 11 is 0. The summed E-state index contributed by atoms with van der Waals surface area (Å²) in [6.45, 7) is 8.18. The van der Waals surface area contributed by atoms with Gasteiger partial charge in [-0.25, -0.2) is 0 Å². The molecule has 1 saturated heterocycles. The van der Waals surface area contributed by atoms with E-state index in [0.29, 0.717) is 6.42 Å². The van der Waals surface area contributed by atoms with Crippen LogP contribution >= 0.6 is 0 Å². The summed E-state index contributed by atoms with van der Waals surface area (Å²) in [7, 11) is -0.367. The second-order valence-electron chi connectivity index (χ2n) is 7.65.